The van der Waals surface area contributed by atoms with E-state index in [0.717, 1.165) is 11.0 Å². The van der Waals surface area contributed by atoms with Crippen LogP contribution in [-0.4, -0.2) is 33.3 Å². The smallest absolute Gasteiger partial charge is 0.374 e. The summed E-state index contributed by atoms with van der Waals surface area (Å²) in [5.74, 6) is -0.575. The van der Waals surface area contributed by atoms with Gasteiger partial charge in [0, 0.05) is 38.3 Å². The molecule has 5 nitrogen and oxygen atoms in total. The van der Waals surface area contributed by atoms with Gasteiger partial charge in [-0.1, -0.05) is 6.92 Å². The molecule has 8 heteroatoms. The van der Waals surface area contributed by atoms with E-state index in [1.807, 2.05) is 6.92 Å². The third-order valence-corrected chi connectivity index (χ3v) is 3.89. The van der Waals surface area contributed by atoms with Gasteiger partial charge >= 0.3 is 6.18 Å². The summed E-state index contributed by atoms with van der Waals surface area (Å²) < 4.78 is 40.7. The van der Waals surface area contributed by atoms with Crippen molar-refractivity contribution in [2.24, 2.45) is 18.9 Å². The highest BCUT2D eigenvalue weighted by atomic mass is 19.4. The number of halogens is 3. The van der Waals surface area contributed by atoms with Crippen LogP contribution in [0, 0.1) is 11.8 Å². The first kappa shape index (κ1) is 15.8. The molecule has 1 aliphatic rings. The van der Waals surface area contributed by atoms with Crippen molar-refractivity contribution in [3.8, 4) is 0 Å². The van der Waals surface area contributed by atoms with E-state index in [0.29, 0.717) is 0 Å². The van der Waals surface area contributed by atoms with Gasteiger partial charge in [-0.3, -0.25) is 4.79 Å². The van der Waals surface area contributed by atoms with Gasteiger partial charge in [0.15, 0.2) is 0 Å². The molecule has 0 bridgehead atoms. The molecule has 0 spiro atoms. The SMILES string of the molecule is CC1CC1C(=O)NCCC(O)(c1nccn1C)C(F)(F)F. The number of hydrogen-bond donors (Lipinski definition) is 2. The highest BCUT2D eigenvalue weighted by molar-refractivity contribution is 5.81. The molecule has 118 valence electrons. The Morgan fingerprint density at radius 1 is 1.57 bits per heavy atom. The second kappa shape index (κ2) is 5.32. The van der Waals surface area contributed by atoms with E-state index < -0.39 is 24.0 Å². The Balaban J connectivity index is 2.04. The van der Waals surface area contributed by atoms with Gasteiger partial charge in [-0.25, -0.2) is 4.98 Å². The van der Waals surface area contributed by atoms with E-state index in [1.54, 1.807) is 0 Å². The summed E-state index contributed by atoms with van der Waals surface area (Å²) in [6, 6.07) is 0. The fourth-order valence-electron chi connectivity index (χ4n) is 2.33. The molecule has 1 aliphatic carbocycles. The van der Waals surface area contributed by atoms with Crippen molar-refractivity contribution in [3.63, 3.8) is 0 Å². The van der Waals surface area contributed by atoms with Gasteiger partial charge in [0.05, 0.1) is 0 Å². The van der Waals surface area contributed by atoms with Crippen LogP contribution < -0.4 is 5.32 Å². The molecular weight excluding hydrogens is 287 g/mol. The molecule has 1 saturated carbocycles. The summed E-state index contributed by atoms with van der Waals surface area (Å²) in [5, 5.41) is 12.5. The first-order chi connectivity index (χ1) is 9.67. The molecule has 2 N–H and O–H groups in total. The molecule has 1 fully saturated rings. The Hall–Kier alpha value is -1.57. The highest BCUT2D eigenvalue weighted by Crippen LogP contribution is 2.41. The van der Waals surface area contributed by atoms with Crippen LogP contribution in [0.15, 0.2) is 12.4 Å². The molecule has 0 aliphatic heterocycles. The number of carbonyl (C=O) groups is 1. The van der Waals surface area contributed by atoms with Gasteiger partial charge in [0.1, 0.15) is 5.82 Å². The summed E-state index contributed by atoms with van der Waals surface area (Å²) in [4.78, 5) is 15.2. The molecule has 3 unspecified atom stereocenters. The monoisotopic (exact) mass is 305 g/mol. The fourth-order valence-corrected chi connectivity index (χ4v) is 2.33. The Morgan fingerprint density at radius 3 is 2.62 bits per heavy atom. The van der Waals surface area contributed by atoms with Crippen LogP contribution in [0.2, 0.25) is 0 Å². The zero-order valence-corrected chi connectivity index (χ0v) is 11.8. The number of aromatic nitrogens is 2. The third kappa shape index (κ3) is 3.04. The zero-order chi connectivity index (χ0) is 15.8. The lowest BCUT2D eigenvalue weighted by atomic mass is 9.97. The summed E-state index contributed by atoms with van der Waals surface area (Å²) in [6.45, 7) is 1.65. The van der Waals surface area contributed by atoms with Gasteiger partial charge in [0.25, 0.3) is 0 Å². The van der Waals surface area contributed by atoms with Gasteiger partial charge in [-0.15, -0.1) is 0 Å². The highest BCUT2D eigenvalue weighted by Gasteiger charge is 2.57. The Bertz CT molecular complexity index is 529. The first-order valence-electron chi connectivity index (χ1n) is 6.71. The molecular formula is C13H18F3N3O2. The van der Waals surface area contributed by atoms with Crippen molar-refractivity contribution in [1.82, 2.24) is 14.9 Å². The number of alkyl halides is 3. The topological polar surface area (TPSA) is 67.2 Å². The second-order valence-electron chi connectivity index (χ2n) is 5.58. The van der Waals surface area contributed by atoms with Crippen molar-refractivity contribution >= 4 is 5.91 Å². The van der Waals surface area contributed by atoms with E-state index in [9.17, 15) is 23.1 Å². The van der Waals surface area contributed by atoms with Gasteiger partial charge < -0.3 is 15.0 Å². The van der Waals surface area contributed by atoms with Gasteiger partial charge in [-0.05, 0) is 12.3 Å². The minimum atomic E-state index is -4.87. The summed E-state index contributed by atoms with van der Waals surface area (Å²) in [6.07, 6.45) is -2.26. The van der Waals surface area contributed by atoms with Crippen LogP contribution in [-0.2, 0) is 17.4 Å². The molecule has 1 heterocycles. The van der Waals surface area contributed by atoms with E-state index >= 15 is 0 Å². The van der Waals surface area contributed by atoms with Crippen molar-refractivity contribution in [2.45, 2.75) is 31.5 Å². The normalized spacial score (nSPS) is 24.5. The molecule has 3 atom stereocenters. The number of amides is 1. The van der Waals surface area contributed by atoms with E-state index in [2.05, 4.69) is 10.3 Å². The van der Waals surface area contributed by atoms with Crippen LogP contribution in [0.4, 0.5) is 13.2 Å². The summed E-state index contributed by atoms with van der Waals surface area (Å²) in [7, 11) is 1.38. The Labute approximate surface area is 120 Å². The average Bonchev–Trinajstić information content (AvgIpc) is 2.94. The number of rotatable bonds is 5. The lowest BCUT2D eigenvalue weighted by Crippen LogP contribution is -2.46. The standard InChI is InChI=1S/C13H18F3N3O2/c1-8-7-9(8)10(20)17-4-3-12(21,13(14,15)16)11-18-5-6-19(11)2/h5-6,8-9,21H,3-4,7H2,1-2H3,(H,17,20). The quantitative estimate of drug-likeness (QED) is 0.862. The van der Waals surface area contributed by atoms with Crippen LogP contribution in [0.3, 0.4) is 0 Å². The van der Waals surface area contributed by atoms with Gasteiger partial charge in [0.2, 0.25) is 11.5 Å². The first-order valence-corrected chi connectivity index (χ1v) is 6.71. The summed E-state index contributed by atoms with van der Waals surface area (Å²) in [5.41, 5.74) is -3.08. The Morgan fingerprint density at radius 2 is 2.19 bits per heavy atom. The molecule has 1 amide bonds. The predicted molar refractivity (Wildman–Crippen MR) is 68.1 cm³/mol. The number of aliphatic hydroxyl groups is 1. The van der Waals surface area contributed by atoms with Crippen molar-refractivity contribution in [1.29, 1.82) is 0 Å². The van der Waals surface area contributed by atoms with E-state index in [1.165, 1.54) is 19.4 Å². The van der Waals surface area contributed by atoms with Crippen molar-refractivity contribution in [2.75, 3.05) is 6.54 Å². The minimum absolute atomic E-state index is 0.114. The largest absolute Gasteiger partial charge is 0.424 e. The fraction of sp³-hybridized carbons (Fsp3) is 0.692. The molecule has 0 radical (unpaired) electrons. The number of aryl methyl sites for hydroxylation is 1. The predicted octanol–water partition coefficient (Wildman–Crippen LogP) is 1.33. The van der Waals surface area contributed by atoms with Crippen LogP contribution >= 0.6 is 0 Å². The van der Waals surface area contributed by atoms with Crippen LogP contribution in [0.25, 0.3) is 0 Å². The lowest BCUT2D eigenvalue weighted by molar-refractivity contribution is -0.272. The number of imidazole rings is 1. The second-order valence-corrected chi connectivity index (χ2v) is 5.58. The molecule has 21 heavy (non-hydrogen) atoms. The van der Waals surface area contributed by atoms with E-state index in [4.69, 9.17) is 0 Å². The molecule has 2 rings (SSSR count). The maximum atomic E-state index is 13.2. The number of hydrogen-bond acceptors (Lipinski definition) is 3. The number of nitrogens with zero attached hydrogens (tertiary/aromatic N) is 2. The van der Waals surface area contributed by atoms with Crippen molar-refractivity contribution in [3.05, 3.63) is 18.2 Å². The molecule has 0 saturated heterocycles. The average molecular weight is 305 g/mol. The van der Waals surface area contributed by atoms with Crippen molar-refractivity contribution < 1.29 is 23.1 Å². The van der Waals surface area contributed by atoms with Crippen LogP contribution in [0.1, 0.15) is 25.6 Å². The minimum Gasteiger partial charge on any atom is -0.374 e. The number of carbonyl (C=O) groups excluding carboxylic acids is 1. The zero-order valence-electron chi connectivity index (χ0n) is 11.8. The molecule has 0 aromatic carbocycles. The molecule has 1 aromatic heterocycles. The summed E-state index contributed by atoms with van der Waals surface area (Å²) >= 11 is 0. The van der Waals surface area contributed by atoms with Gasteiger partial charge in [-0.2, -0.15) is 13.2 Å². The lowest BCUT2D eigenvalue weighted by Gasteiger charge is -2.30. The number of nitrogens with one attached hydrogen (secondary N) is 1. The van der Waals surface area contributed by atoms with Crippen LogP contribution in [0.5, 0.6) is 0 Å². The maximum Gasteiger partial charge on any atom is 0.424 e. The third-order valence-electron chi connectivity index (χ3n) is 3.89. The Kier molecular flexibility index (Phi) is 4.01. The molecule has 1 aromatic rings. The van der Waals surface area contributed by atoms with E-state index in [-0.39, 0.29) is 24.3 Å². The maximum absolute atomic E-state index is 13.2.